The number of nitrogens with zero attached hydrogens (tertiary/aromatic N) is 1. The fourth-order valence-electron chi connectivity index (χ4n) is 1.51. The molecule has 84 valence electrons. The zero-order chi connectivity index (χ0) is 11.3. The minimum Gasteiger partial charge on any atom is -0.353 e. The average molecular weight is 211 g/mol. The largest absolute Gasteiger partial charge is 0.353 e. The van der Waals surface area contributed by atoms with Crippen LogP contribution < -0.4 is 10.6 Å². The van der Waals surface area contributed by atoms with Crippen LogP contribution >= 0.6 is 0 Å². The Labute approximate surface area is 89.5 Å². The van der Waals surface area contributed by atoms with E-state index in [9.17, 15) is 9.59 Å². The van der Waals surface area contributed by atoms with Crippen LogP contribution in [0.1, 0.15) is 6.92 Å². The smallest absolute Gasteiger partial charge is 0.242 e. The van der Waals surface area contributed by atoms with Gasteiger partial charge in [0, 0.05) is 19.6 Å². The van der Waals surface area contributed by atoms with Crippen molar-refractivity contribution >= 4 is 11.8 Å². The summed E-state index contributed by atoms with van der Waals surface area (Å²) in [5.41, 5.74) is 0. The maximum Gasteiger partial charge on any atom is 0.242 e. The van der Waals surface area contributed by atoms with Gasteiger partial charge in [-0.25, -0.2) is 0 Å². The number of carbonyl (C=O) groups is 2. The lowest BCUT2D eigenvalue weighted by Gasteiger charge is -2.32. The molecule has 0 bridgehead atoms. The molecule has 1 saturated heterocycles. The third kappa shape index (κ3) is 3.06. The third-order valence-electron chi connectivity index (χ3n) is 2.38. The predicted octanol–water partition coefficient (Wildman–Crippen LogP) is -0.891. The number of nitrogens with one attached hydrogen (secondary N) is 2. The van der Waals surface area contributed by atoms with E-state index in [1.54, 1.807) is 17.9 Å². The topological polar surface area (TPSA) is 61.4 Å². The van der Waals surface area contributed by atoms with Crippen molar-refractivity contribution in [2.24, 2.45) is 0 Å². The van der Waals surface area contributed by atoms with E-state index in [0.29, 0.717) is 19.6 Å². The molecule has 1 aliphatic rings. The minimum absolute atomic E-state index is 0.0424. The number of hydrogen-bond acceptors (Lipinski definition) is 3. The van der Waals surface area contributed by atoms with Gasteiger partial charge in [-0.15, -0.1) is 6.58 Å². The lowest BCUT2D eigenvalue weighted by Crippen LogP contribution is -2.57. The molecule has 1 rings (SSSR count). The fourth-order valence-corrected chi connectivity index (χ4v) is 1.51. The first kappa shape index (κ1) is 11.7. The van der Waals surface area contributed by atoms with Crippen LogP contribution in [0.4, 0.5) is 0 Å². The fraction of sp³-hybridized carbons (Fsp3) is 0.600. The van der Waals surface area contributed by atoms with Crippen LogP contribution in [-0.2, 0) is 9.59 Å². The lowest BCUT2D eigenvalue weighted by molar-refractivity contribution is -0.141. The van der Waals surface area contributed by atoms with E-state index in [2.05, 4.69) is 17.2 Å². The second kappa shape index (κ2) is 5.50. The van der Waals surface area contributed by atoms with Crippen molar-refractivity contribution in [1.29, 1.82) is 0 Å². The van der Waals surface area contributed by atoms with E-state index in [1.807, 2.05) is 0 Å². The van der Waals surface area contributed by atoms with E-state index in [0.717, 1.165) is 0 Å². The zero-order valence-corrected chi connectivity index (χ0v) is 8.95. The molecular weight excluding hydrogens is 194 g/mol. The molecule has 1 atom stereocenters. The van der Waals surface area contributed by atoms with E-state index in [1.165, 1.54) is 0 Å². The molecule has 2 N–H and O–H groups in total. The van der Waals surface area contributed by atoms with Crippen molar-refractivity contribution < 1.29 is 9.59 Å². The van der Waals surface area contributed by atoms with Crippen molar-refractivity contribution in [3.8, 4) is 0 Å². The van der Waals surface area contributed by atoms with Gasteiger partial charge in [-0.3, -0.25) is 9.59 Å². The Balaban J connectivity index is 2.43. The van der Waals surface area contributed by atoms with Crippen molar-refractivity contribution in [2.75, 3.05) is 26.2 Å². The number of amides is 2. The molecule has 0 aliphatic carbocycles. The van der Waals surface area contributed by atoms with E-state index in [-0.39, 0.29) is 24.4 Å². The van der Waals surface area contributed by atoms with Crippen LogP contribution in [0.5, 0.6) is 0 Å². The van der Waals surface area contributed by atoms with Gasteiger partial charge in [0.05, 0.1) is 6.54 Å². The summed E-state index contributed by atoms with van der Waals surface area (Å²) in [6, 6.07) is -0.364. The first-order valence-corrected chi connectivity index (χ1v) is 5.05. The average Bonchev–Trinajstić information content (AvgIpc) is 2.22. The summed E-state index contributed by atoms with van der Waals surface area (Å²) < 4.78 is 0. The number of piperazine rings is 1. The van der Waals surface area contributed by atoms with Gasteiger partial charge in [-0.2, -0.15) is 0 Å². The maximum atomic E-state index is 11.7. The summed E-state index contributed by atoms with van der Waals surface area (Å²) in [6.07, 6.45) is 1.69. The monoisotopic (exact) mass is 211 g/mol. The lowest BCUT2D eigenvalue weighted by atomic mass is 10.2. The highest BCUT2D eigenvalue weighted by atomic mass is 16.2. The number of hydrogen-bond donors (Lipinski definition) is 2. The zero-order valence-electron chi connectivity index (χ0n) is 8.95. The third-order valence-corrected chi connectivity index (χ3v) is 2.38. The van der Waals surface area contributed by atoms with Crippen LogP contribution in [0.15, 0.2) is 12.7 Å². The molecule has 1 fully saturated rings. The predicted molar refractivity (Wildman–Crippen MR) is 57.3 cm³/mol. The molecule has 5 heteroatoms. The molecule has 15 heavy (non-hydrogen) atoms. The Bertz CT molecular complexity index is 265. The highest BCUT2D eigenvalue weighted by molar-refractivity contribution is 5.89. The molecule has 0 saturated carbocycles. The van der Waals surface area contributed by atoms with E-state index < -0.39 is 0 Å². The molecule has 5 nitrogen and oxygen atoms in total. The van der Waals surface area contributed by atoms with Gasteiger partial charge in [0.1, 0.15) is 6.04 Å². The van der Waals surface area contributed by atoms with Gasteiger partial charge in [0.15, 0.2) is 0 Å². The van der Waals surface area contributed by atoms with Crippen molar-refractivity contribution in [1.82, 2.24) is 15.5 Å². The first-order chi connectivity index (χ1) is 7.16. The molecule has 0 radical (unpaired) electrons. The standard InChI is InChI=1S/C10H17N3O2/c1-3-4-11-7-9(14)13-6-5-12-10(15)8(13)2/h3,8,11H,1,4-7H2,2H3,(H,12,15). The highest BCUT2D eigenvalue weighted by Gasteiger charge is 2.28. The van der Waals surface area contributed by atoms with Crippen LogP contribution in [-0.4, -0.2) is 48.9 Å². The van der Waals surface area contributed by atoms with Crippen molar-refractivity contribution in [3.05, 3.63) is 12.7 Å². The summed E-state index contributed by atoms with van der Waals surface area (Å²) in [4.78, 5) is 24.6. The van der Waals surface area contributed by atoms with Gasteiger partial charge in [0.25, 0.3) is 0 Å². The Kier molecular flexibility index (Phi) is 4.30. The molecule has 1 unspecified atom stereocenters. The highest BCUT2D eigenvalue weighted by Crippen LogP contribution is 2.03. The van der Waals surface area contributed by atoms with Crippen molar-refractivity contribution in [3.63, 3.8) is 0 Å². The number of rotatable bonds is 4. The molecule has 1 aliphatic heterocycles. The molecule has 0 aromatic rings. The summed E-state index contributed by atoms with van der Waals surface area (Å²) in [7, 11) is 0. The summed E-state index contributed by atoms with van der Waals surface area (Å²) in [6.45, 7) is 7.26. The summed E-state index contributed by atoms with van der Waals surface area (Å²) in [5.74, 6) is -0.127. The van der Waals surface area contributed by atoms with Gasteiger partial charge in [-0.05, 0) is 6.92 Å². The van der Waals surface area contributed by atoms with Crippen LogP contribution in [0.3, 0.4) is 0 Å². The van der Waals surface area contributed by atoms with Gasteiger partial charge < -0.3 is 15.5 Å². The molecular formula is C10H17N3O2. The normalized spacial score (nSPS) is 21.0. The second-order valence-corrected chi connectivity index (χ2v) is 3.47. The molecule has 0 aromatic heterocycles. The molecule has 1 heterocycles. The molecule has 0 spiro atoms. The van der Waals surface area contributed by atoms with E-state index in [4.69, 9.17) is 0 Å². The molecule has 0 aromatic carbocycles. The van der Waals surface area contributed by atoms with Gasteiger partial charge in [0.2, 0.25) is 11.8 Å². The second-order valence-electron chi connectivity index (χ2n) is 3.47. The maximum absolute atomic E-state index is 11.7. The first-order valence-electron chi connectivity index (χ1n) is 5.05. The number of carbonyl (C=O) groups excluding carboxylic acids is 2. The van der Waals surface area contributed by atoms with Gasteiger partial charge >= 0.3 is 0 Å². The van der Waals surface area contributed by atoms with Gasteiger partial charge in [-0.1, -0.05) is 6.08 Å². The summed E-state index contributed by atoms with van der Waals surface area (Å²) >= 11 is 0. The Morgan fingerprint density at radius 2 is 2.53 bits per heavy atom. The van der Waals surface area contributed by atoms with Crippen LogP contribution in [0, 0.1) is 0 Å². The summed E-state index contributed by atoms with van der Waals surface area (Å²) in [5, 5.41) is 5.64. The Morgan fingerprint density at radius 1 is 1.80 bits per heavy atom. The quantitative estimate of drug-likeness (QED) is 0.468. The Hall–Kier alpha value is -1.36. The van der Waals surface area contributed by atoms with E-state index >= 15 is 0 Å². The Morgan fingerprint density at radius 3 is 3.20 bits per heavy atom. The van der Waals surface area contributed by atoms with Crippen LogP contribution in [0.2, 0.25) is 0 Å². The SMILES string of the molecule is C=CCNCC(=O)N1CCNC(=O)C1C. The van der Waals surface area contributed by atoms with Crippen molar-refractivity contribution in [2.45, 2.75) is 13.0 Å². The van der Waals surface area contributed by atoms with Crippen LogP contribution in [0.25, 0.3) is 0 Å². The molecule has 2 amide bonds. The minimum atomic E-state index is -0.364.